The second-order valence-corrected chi connectivity index (χ2v) is 4.25. The van der Waals surface area contributed by atoms with Crippen LogP contribution in [-0.2, 0) is 4.79 Å². The maximum absolute atomic E-state index is 10.9. The summed E-state index contributed by atoms with van der Waals surface area (Å²) < 4.78 is 5.51. The van der Waals surface area contributed by atoms with E-state index >= 15 is 0 Å². The number of nitrogens with two attached hydrogens (primary N) is 1. The van der Waals surface area contributed by atoms with E-state index in [4.69, 9.17) is 15.7 Å². The number of primary amides is 1. The lowest BCUT2D eigenvalue weighted by atomic mass is 10.1. The largest absolute Gasteiger partial charge is 0.504 e. The highest BCUT2D eigenvalue weighted by molar-refractivity contribution is 14.1. The van der Waals surface area contributed by atoms with Crippen LogP contribution in [0.1, 0.15) is 5.56 Å². The first kappa shape index (κ1) is 13.3. The Bertz CT molecular complexity index is 532. The van der Waals surface area contributed by atoms with Crippen molar-refractivity contribution in [2.75, 3.05) is 7.11 Å². The summed E-state index contributed by atoms with van der Waals surface area (Å²) in [5.41, 5.74) is 5.42. The minimum absolute atomic E-state index is 0.0165. The summed E-state index contributed by atoms with van der Waals surface area (Å²) in [6.07, 6.45) is 1.34. The minimum Gasteiger partial charge on any atom is -0.504 e. The van der Waals surface area contributed by atoms with Gasteiger partial charge in [-0.05, 0) is 46.4 Å². The summed E-state index contributed by atoms with van der Waals surface area (Å²) >= 11 is 1.92. The van der Waals surface area contributed by atoms with Crippen molar-refractivity contribution in [1.82, 2.24) is 0 Å². The van der Waals surface area contributed by atoms with Gasteiger partial charge in [-0.3, -0.25) is 4.79 Å². The Labute approximate surface area is 112 Å². The van der Waals surface area contributed by atoms with Gasteiger partial charge >= 0.3 is 0 Å². The van der Waals surface area contributed by atoms with Gasteiger partial charge in [0.25, 0.3) is 5.91 Å². The van der Waals surface area contributed by atoms with E-state index in [1.165, 1.54) is 19.3 Å². The Hall–Kier alpha value is -1.75. The van der Waals surface area contributed by atoms with E-state index in [0.29, 0.717) is 9.13 Å². The third kappa shape index (κ3) is 3.10. The van der Waals surface area contributed by atoms with E-state index in [0.717, 1.165) is 0 Å². The van der Waals surface area contributed by atoms with Crippen molar-refractivity contribution < 1.29 is 14.6 Å². The fourth-order valence-corrected chi connectivity index (χ4v) is 1.78. The molecule has 0 saturated carbocycles. The zero-order valence-electron chi connectivity index (χ0n) is 8.90. The van der Waals surface area contributed by atoms with Crippen LogP contribution in [0.5, 0.6) is 11.5 Å². The molecule has 1 amide bonds. The Kier molecular flexibility index (Phi) is 4.34. The fourth-order valence-electron chi connectivity index (χ4n) is 1.16. The number of phenols is 1. The van der Waals surface area contributed by atoms with Crippen LogP contribution in [-0.4, -0.2) is 18.1 Å². The molecule has 17 heavy (non-hydrogen) atoms. The normalized spacial score (nSPS) is 10.8. The molecule has 88 valence electrons. The lowest BCUT2D eigenvalue weighted by Gasteiger charge is -2.06. The number of carbonyl (C=O) groups excluding carboxylic acids is 1. The first-order chi connectivity index (χ1) is 7.99. The highest BCUT2D eigenvalue weighted by atomic mass is 127. The molecule has 3 N–H and O–H groups in total. The molecule has 0 spiro atoms. The Morgan fingerprint density at radius 2 is 2.29 bits per heavy atom. The summed E-state index contributed by atoms with van der Waals surface area (Å²) in [5, 5.41) is 18.3. The van der Waals surface area contributed by atoms with Gasteiger partial charge in [-0.1, -0.05) is 0 Å². The van der Waals surface area contributed by atoms with Crippen molar-refractivity contribution in [2.45, 2.75) is 0 Å². The van der Waals surface area contributed by atoms with Gasteiger partial charge in [0.1, 0.15) is 11.6 Å². The number of benzene rings is 1. The van der Waals surface area contributed by atoms with E-state index in [1.54, 1.807) is 12.1 Å². The molecule has 5 nitrogen and oxygen atoms in total. The van der Waals surface area contributed by atoms with Gasteiger partial charge in [-0.15, -0.1) is 0 Å². The fraction of sp³-hybridized carbons (Fsp3) is 0.0909. The van der Waals surface area contributed by atoms with E-state index in [9.17, 15) is 9.90 Å². The number of carbonyl (C=O) groups is 1. The molecule has 0 aromatic heterocycles. The highest BCUT2D eigenvalue weighted by Crippen LogP contribution is 2.32. The maximum atomic E-state index is 10.9. The number of hydrogen-bond acceptors (Lipinski definition) is 4. The molecule has 1 aromatic rings. The van der Waals surface area contributed by atoms with E-state index in [-0.39, 0.29) is 17.1 Å². The zero-order valence-corrected chi connectivity index (χ0v) is 11.1. The van der Waals surface area contributed by atoms with Crippen molar-refractivity contribution >= 4 is 34.6 Å². The van der Waals surface area contributed by atoms with Gasteiger partial charge in [0, 0.05) is 0 Å². The Morgan fingerprint density at radius 1 is 1.65 bits per heavy atom. The Balaban J connectivity index is 3.30. The lowest BCUT2D eigenvalue weighted by molar-refractivity contribution is -0.114. The van der Waals surface area contributed by atoms with Crippen molar-refractivity contribution in [2.24, 2.45) is 5.73 Å². The van der Waals surface area contributed by atoms with E-state index < -0.39 is 5.91 Å². The number of ether oxygens (including phenoxy) is 1. The molecular formula is C11H9IN2O3. The van der Waals surface area contributed by atoms with Crippen LogP contribution in [0.3, 0.4) is 0 Å². The van der Waals surface area contributed by atoms with Crippen LogP contribution in [0.15, 0.2) is 17.7 Å². The van der Waals surface area contributed by atoms with E-state index in [1.807, 2.05) is 22.6 Å². The number of amides is 1. The summed E-state index contributed by atoms with van der Waals surface area (Å²) in [6, 6.07) is 4.82. The van der Waals surface area contributed by atoms with Crippen LogP contribution in [0.25, 0.3) is 6.08 Å². The molecule has 0 bridgehead atoms. The quantitative estimate of drug-likeness (QED) is 0.492. The second-order valence-electron chi connectivity index (χ2n) is 3.09. The average molecular weight is 344 g/mol. The second kappa shape index (κ2) is 5.54. The molecule has 0 radical (unpaired) electrons. The standard InChI is InChI=1S/C11H9IN2O3/c1-17-9-4-6(3-8(12)10(9)15)2-7(5-13)11(14)16/h2-4,15H,1H3,(H2,14,16)/b7-2+. The molecule has 0 aliphatic carbocycles. The van der Waals surface area contributed by atoms with Crippen molar-refractivity contribution in [3.05, 3.63) is 26.8 Å². The highest BCUT2D eigenvalue weighted by Gasteiger charge is 2.09. The summed E-state index contributed by atoms with van der Waals surface area (Å²) in [6.45, 7) is 0. The molecule has 0 aliphatic heterocycles. The molecule has 1 aromatic carbocycles. The predicted molar refractivity (Wildman–Crippen MR) is 70.2 cm³/mol. The number of aromatic hydroxyl groups is 1. The number of nitriles is 1. The number of phenolic OH excluding ortho intramolecular Hbond substituents is 1. The van der Waals surface area contributed by atoms with Crippen LogP contribution < -0.4 is 10.5 Å². The lowest BCUT2D eigenvalue weighted by Crippen LogP contribution is -2.12. The molecule has 0 unspecified atom stereocenters. The molecular weight excluding hydrogens is 335 g/mol. The van der Waals surface area contributed by atoms with Gasteiger partial charge in [-0.25, -0.2) is 0 Å². The van der Waals surface area contributed by atoms with Crippen LogP contribution >= 0.6 is 22.6 Å². The zero-order chi connectivity index (χ0) is 13.0. The van der Waals surface area contributed by atoms with Crippen molar-refractivity contribution in [3.8, 4) is 17.6 Å². The van der Waals surface area contributed by atoms with Gasteiger partial charge in [-0.2, -0.15) is 5.26 Å². The van der Waals surface area contributed by atoms with Gasteiger partial charge in [0.15, 0.2) is 11.5 Å². The molecule has 0 heterocycles. The third-order valence-corrected chi connectivity index (χ3v) is 2.79. The smallest absolute Gasteiger partial charge is 0.259 e. The monoisotopic (exact) mass is 344 g/mol. The number of halogens is 1. The van der Waals surface area contributed by atoms with Crippen LogP contribution in [0, 0.1) is 14.9 Å². The SMILES string of the molecule is COc1cc(/C=C(\C#N)C(N)=O)cc(I)c1O. The van der Waals surface area contributed by atoms with Crippen LogP contribution in [0.2, 0.25) is 0 Å². The topological polar surface area (TPSA) is 96.3 Å². The number of methoxy groups -OCH3 is 1. The summed E-state index contributed by atoms with van der Waals surface area (Å²) in [5.74, 6) is -0.512. The summed E-state index contributed by atoms with van der Waals surface area (Å²) in [7, 11) is 1.41. The maximum Gasteiger partial charge on any atom is 0.259 e. The number of rotatable bonds is 3. The molecule has 0 atom stereocenters. The minimum atomic E-state index is -0.797. The van der Waals surface area contributed by atoms with Gasteiger partial charge in [0.2, 0.25) is 0 Å². The van der Waals surface area contributed by atoms with Crippen molar-refractivity contribution in [1.29, 1.82) is 5.26 Å². The average Bonchev–Trinajstić information content (AvgIpc) is 2.29. The predicted octanol–water partition coefficient (Wildman–Crippen LogP) is 1.40. The van der Waals surface area contributed by atoms with Gasteiger partial charge in [0.05, 0.1) is 10.7 Å². The molecule has 6 heteroatoms. The molecule has 0 aliphatic rings. The van der Waals surface area contributed by atoms with Crippen molar-refractivity contribution in [3.63, 3.8) is 0 Å². The third-order valence-electron chi connectivity index (χ3n) is 1.97. The molecule has 0 saturated heterocycles. The van der Waals surface area contributed by atoms with E-state index in [2.05, 4.69) is 0 Å². The number of nitrogens with zero attached hydrogens (tertiary/aromatic N) is 1. The first-order valence-corrected chi connectivity index (χ1v) is 5.55. The summed E-state index contributed by atoms with van der Waals surface area (Å²) in [4.78, 5) is 10.9. The first-order valence-electron chi connectivity index (χ1n) is 4.47. The molecule has 0 fully saturated rings. The molecule has 1 rings (SSSR count). The van der Waals surface area contributed by atoms with Gasteiger partial charge < -0.3 is 15.6 Å². The van der Waals surface area contributed by atoms with Crippen LogP contribution in [0.4, 0.5) is 0 Å². The number of hydrogen-bond donors (Lipinski definition) is 2. The Morgan fingerprint density at radius 3 is 2.76 bits per heavy atom.